The van der Waals surface area contributed by atoms with Crippen LogP contribution in [0.1, 0.15) is 27.2 Å². The van der Waals surface area contributed by atoms with Crippen molar-refractivity contribution in [2.24, 2.45) is 0 Å². The summed E-state index contributed by atoms with van der Waals surface area (Å²) in [4.78, 5) is 25.5. The molecule has 1 unspecified atom stereocenters. The van der Waals surface area contributed by atoms with Crippen molar-refractivity contribution < 1.29 is 14.3 Å². The Morgan fingerprint density at radius 3 is 2.78 bits per heavy atom. The van der Waals surface area contributed by atoms with Gasteiger partial charge in [0.05, 0.1) is 13.2 Å². The van der Waals surface area contributed by atoms with Crippen LogP contribution in [0, 0.1) is 0 Å². The van der Waals surface area contributed by atoms with Gasteiger partial charge in [0.15, 0.2) is 0 Å². The molecule has 0 aromatic heterocycles. The summed E-state index contributed by atoms with van der Waals surface area (Å²) >= 11 is 0. The highest BCUT2D eigenvalue weighted by Crippen LogP contribution is 2.08. The molecule has 0 bridgehead atoms. The van der Waals surface area contributed by atoms with Crippen molar-refractivity contribution >= 4 is 11.9 Å². The van der Waals surface area contributed by atoms with Gasteiger partial charge < -0.3 is 20.3 Å². The molecule has 2 N–H and O–H groups in total. The Morgan fingerprint density at radius 2 is 2.17 bits per heavy atom. The molecular weight excluding hydrogens is 234 g/mol. The fourth-order valence-corrected chi connectivity index (χ4v) is 1.76. The Labute approximate surface area is 108 Å². The Hall–Kier alpha value is -1.30. The standard InChI is InChI=1S/C12H23N3O3/c1-4-5-13-11(16)10-8-18-7-6-15(10)12(17)14-9(2)3/h9-10H,4-8H2,1-3H3,(H,13,16)(H,14,17). The predicted octanol–water partition coefficient (Wildman–Crippen LogP) is 0.331. The van der Waals surface area contributed by atoms with Crippen molar-refractivity contribution in [3.8, 4) is 0 Å². The molecule has 1 aliphatic rings. The second-order valence-electron chi connectivity index (χ2n) is 4.68. The van der Waals surface area contributed by atoms with E-state index >= 15 is 0 Å². The van der Waals surface area contributed by atoms with E-state index in [0.29, 0.717) is 19.7 Å². The summed E-state index contributed by atoms with van der Waals surface area (Å²) in [5, 5.41) is 5.60. The lowest BCUT2D eigenvalue weighted by atomic mass is 10.2. The van der Waals surface area contributed by atoms with E-state index in [-0.39, 0.29) is 24.6 Å². The maximum atomic E-state index is 12.0. The zero-order valence-electron chi connectivity index (χ0n) is 11.4. The first kappa shape index (κ1) is 14.8. The van der Waals surface area contributed by atoms with Gasteiger partial charge in [0, 0.05) is 19.1 Å². The molecule has 0 aliphatic carbocycles. The smallest absolute Gasteiger partial charge is 0.318 e. The number of hydrogen-bond donors (Lipinski definition) is 2. The highest BCUT2D eigenvalue weighted by Gasteiger charge is 2.32. The first-order chi connectivity index (χ1) is 8.56. The van der Waals surface area contributed by atoms with Gasteiger partial charge in [0.25, 0.3) is 0 Å². The Balaban J connectivity index is 2.61. The van der Waals surface area contributed by atoms with E-state index in [1.165, 1.54) is 0 Å². The third kappa shape index (κ3) is 4.18. The molecule has 104 valence electrons. The lowest BCUT2D eigenvalue weighted by Crippen LogP contribution is -2.59. The molecule has 6 nitrogen and oxygen atoms in total. The Kier molecular flexibility index (Phi) is 5.91. The zero-order valence-corrected chi connectivity index (χ0v) is 11.4. The number of nitrogens with one attached hydrogen (secondary N) is 2. The van der Waals surface area contributed by atoms with Crippen LogP contribution in [0.15, 0.2) is 0 Å². The van der Waals surface area contributed by atoms with Crippen LogP contribution >= 0.6 is 0 Å². The summed E-state index contributed by atoms with van der Waals surface area (Å²) in [6.45, 7) is 7.58. The molecule has 1 fully saturated rings. The normalized spacial score (nSPS) is 19.8. The van der Waals surface area contributed by atoms with Crippen LogP contribution in [-0.4, -0.2) is 55.2 Å². The Bertz CT molecular complexity index is 294. The van der Waals surface area contributed by atoms with Crippen molar-refractivity contribution in [2.75, 3.05) is 26.3 Å². The molecule has 0 aromatic rings. The maximum absolute atomic E-state index is 12.0. The number of urea groups is 1. The van der Waals surface area contributed by atoms with Crippen LogP contribution in [0.3, 0.4) is 0 Å². The van der Waals surface area contributed by atoms with Crippen LogP contribution in [0.4, 0.5) is 4.79 Å². The van der Waals surface area contributed by atoms with E-state index < -0.39 is 6.04 Å². The maximum Gasteiger partial charge on any atom is 0.318 e. The van der Waals surface area contributed by atoms with Gasteiger partial charge in [-0.15, -0.1) is 0 Å². The molecule has 6 heteroatoms. The minimum atomic E-state index is -0.524. The molecule has 0 aromatic carbocycles. The fourth-order valence-electron chi connectivity index (χ4n) is 1.76. The highest BCUT2D eigenvalue weighted by molar-refractivity contribution is 5.87. The number of hydrogen-bond acceptors (Lipinski definition) is 3. The molecule has 1 saturated heterocycles. The lowest BCUT2D eigenvalue weighted by molar-refractivity contribution is -0.130. The van der Waals surface area contributed by atoms with Gasteiger partial charge in [-0.05, 0) is 20.3 Å². The fraction of sp³-hybridized carbons (Fsp3) is 0.833. The molecular formula is C12H23N3O3. The van der Waals surface area contributed by atoms with Gasteiger partial charge in [-0.2, -0.15) is 0 Å². The second-order valence-corrected chi connectivity index (χ2v) is 4.68. The van der Waals surface area contributed by atoms with Gasteiger partial charge >= 0.3 is 6.03 Å². The van der Waals surface area contributed by atoms with Gasteiger partial charge in [0.2, 0.25) is 5.91 Å². The Morgan fingerprint density at radius 1 is 1.44 bits per heavy atom. The zero-order chi connectivity index (χ0) is 13.5. The summed E-state index contributed by atoms with van der Waals surface area (Å²) in [6.07, 6.45) is 0.873. The monoisotopic (exact) mass is 257 g/mol. The first-order valence-electron chi connectivity index (χ1n) is 6.48. The summed E-state index contributed by atoms with van der Waals surface area (Å²) in [7, 11) is 0. The third-order valence-corrected chi connectivity index (χ3v) is 2.65. The van der Waals surface area contributed by atoms with Gasteiger partial charge in [-0.1, -0.05) is 6.92 Å². The molecule has 1 rings (SSSR count). The van der Waals surface area contributed by atoms with Crippen molar-refractivity contribution in [2.45, 2.75) is 39.3 Å². The van der Waals surface area contributed by atoms with Crippen LogP contribution in [-0.2, 0) is 9.53 Å². The summed E-state index contributed by atoms with van der Waals surface area (Å²) in [5.74, 6) is -0.143. The molecule has 0 spiro atoms. The molecule has 3 amide bonds. The van der Waals surface area contributed by atoms with E-state index in [0.717, 1.165) is 6.42 Å². The minimum absolute atomic E-state index is 0.0553. The van der Waals surface area contributed by atoms with E-state index in [1.807, 2.05) is 20.8 Å². The molecule has 18 heavy (non-hydrogen) atoms. The largest absolute Gasteiger partial charge is 0.377 e. The number of carbonyl (C=O) groups excluding carboxylic acids is 2. The molecule has 1 aliphatic heterocycles. The SMILES string of the molecule is CCCNC(=O)C1COCCN1C(=O)NC(C)C. The molecule has 0 radical (unpaired) electrons. The minimum Gasteiger partial charge on any atom is -0.377 e. The molecule has 0 saturated carbocycles. The lowest BCUT2D eigenvalue weighted by Gasteiger charge is -2.35. The molecule has 1 atom stereocenters. The first-order valence-corrected chi connectivity index (χ1v) is 6.48. The van der Waals surface area contributed by atoms with Crippen molar-refractivity contribution in [1.29, 1.82) is 0 Å². The van der Waals surface area contributed by atoms with E-state index in [9.17, 15) is 9.59 Å². The van der Waals surface area contributed by atoms with Gasteiger partial charge in [0.1, 0.15) is 6.04 Å². The topological polar surface area (TPSA) is 70.7 Å². The summed E-state index contributed by atoms with van der Waals surface area (Å²) in [5.41, 5.74) is 0. The number of carbonyl (C=O) groups is 2. The average Bonchev–Trinajstić information content (AvgIpc) is 2.35. The number of nitrogens with zero attached hydrogens (tertiary/aromatic N) is 1. The average molecular weight is 257 g/mol. The van der Waals surface area contributed by atoms with Gasteiger partial charge in [-0.3, -0.25) is 4.79 Å². The van der Waals surface area contributed by atoms with Crippen LogP contribution in [0.5, 0.6) is 0 Å². The van der Waals surface area contributed by atoms with Crippen LogP contribution < -0.4 is 10.6 Å². The second kappa shape index (κ2) is 7.20. The number of rotatable bonds is 4. The number of amides is 3. The van der Waals surface area contributed by atoms with Crippen molar-refractivity contribution in [3.05, 3.63) is 0 Å². The van der Waals surface area contributed by atoms with Gasteiger partial charge in [-0.25, -0.2) is 4.79 Å². The summed E-state index contributed by atoms with van der Waals surface area (Å²) < 4.78 is 5.29. The predicted molar refractivity (Wildman–Crippen MR) is 68.3 cm³/mol. The van der Waals surface area contributed by atoms with Crippen LogP contribution in [0.25, 0.3) is 0 Å². The molecule has 1 heterocycles. The summed E-state index contributed by atoms with van der Waals surface area (Å²) in [6, 6.07) is -0.673. The van der Waals surface area contributed by atoms with E-state index in [4.69, 9.17) is 4.74 Å². The highest BCUT2D eigenvalue weighted by atomic mass is 16.5. The van der Waals surface area contributed by atoms with Crippen molar-refractivity contribution in [3.63, 3.8) is 0 Å². The van der Waals surface area contributed by atoms with E-state index in [2.05, 4.69) is 10.6 Å². The van der Waals surface area contributed by atoms with E-state index in [1.54, 1.807) is 4.90 Å². The van der Waals surface area contributed by atoms with Crippen molar-refractivity contribution in [1.82, 2.24) is 15.5 Å². The number of ether oxygens (including phenoxy) is 1. The third-order valence-electron chi connectivity index (χ3n) is 2.65. The quantitative estimate of drug-likeness (QED) is 0.762. The van der Waals surface area contributed by atoms with Crippen LogP contribution in [0.2, 0.25) is 0 Å². The number of morpholine rings is 1.